The zero-order valence-electron chi connectivity index (χ0n) is 9.71. The zero-order chi connectivity index (χ0) is 10.5. The van der Waals surface area contributed by atoms with E-state index in [9.17, 15) is 0 Å². The topological polar surface area (TPSA) is 0 Å². The van der Waals surface area contributed by atoms with Crippen LogP contribution in [0.3, 0.4) is 0 Å². The molecule has 0 amide bonds. The van der Waals surface area contributed by atoms with Crippen LogP contribution < -0.4 is 0 Å². The second kappa shape index (κ2) is 12.2. The van der Waals surface area contributed by atoms with Crippen LogP contribution in [0.5, 0.6) is 0 Å². The largest absolute Gasteiger partial charge is 0.0888 e. The van der Waals surface area contributed by atoms with Crippen molar-refractivity contribution >= 4 is 0 Å². The van der Waals surface area contributed by atoms with E-state index >= 15 is 0 Å². The molecule has 0 heterocycles. The first kappa shape index (κ1) is 13.2. The molecule has 0 aliphatic carbocycles. The van der Waals surface area contributed by atoms with E-state index < -0.39 is 0 Å². The normalized spacial score (nSPS) is 12.4. The lowest BCUT2D eigenvalue weighted by molar-refractivity contribution is 0.994. The molecule has 14 heavy (non-hydrogen) atoms. The number of hydrogen-bond acceptors (Lipinski definition) is 0. The molecule has 0 radical (unpaired) electrons. The average Bonchev–Trinajstić information content (AvgIpc) is 2.21. The summed E-state index contributed by atoms with van der Waals surface area (Å²) in [5.41, 5.74) is 0. The molecule has 0 saturated carbocycles. The van der Waals surface area contributed by atoms with Gasteiger partial charge in [0, 0.05) is 0 Å². The molecule has 0 nitrogen and oxygen atoms in total. The van der Waals surface area contributed by atoms with E-state index in [2.05, 4.69) is 50.3 Å². The number of hydrogen-bond donors (Lipinski definition) is 0. The Morgan fingerprint density at radius 1 is 0.500 bits per heavy atom. The molecule has 0 aliphatic rings. The van der Waals surface area contributed by atoms with Gasteiger partial charge in [0.2, 0.25) is 0 Å². The highest BCUT2D eigenvalue weighted by Gasteiger charge is 1.78. The highest BCUT2D eigenvalue weighted by Crippen LogP contribution is 1.98. The first-order valence-corrected chi connectivity index (χ1v) is 5.86. The van der Waals surface area contributed by atoms with Crippen molar-refractivity contribution in [2.75, 3.05) is 0 Å². The summed E-state index contributed by atoms with van der Waals surface area (Å²) in [6.45, 7) is 4.35. The number of rotatable bonds is 8. The van der Waals surface area contributed by atoms with Crippen LogP contribution in [-0.2, 0) is 0 Å². The Balaban J connectivity index is 3.19. The Labute approximate surface area is 89.4 Å². The van der Waals surface area contributed by atoms with E-state index in [-0.39, 0.29) is 0 Å². The van der Waals surface area contributed by atoms with Crippen molar-refractivity contribution in [2.45, 2.75) is 52.4 Å². The van der Waals surface area contributed by atoms with E-state index in [1.807, 2.05) is 0 Å². The van der Waals surface area contributed by atoms with Gasteiger partial charge in [0.15, 0.2) is 0 Å². The van der Waals surface area contributed by atoms with Gasteiger partial charge in [-0.1, -0.05) is 50.3 Å². The summed E-state index contributed by atoms with van der Waals surface area (Å²) in [5.74, 6) is 0. The monoisotopic (exact) mass is 192 g/mol. The molecule has 0 heteroatoms. The molecule has 0 atom stereocenters. The molecule has 0 rings (SSSR count). The van der Waals surface area contributed by atoms with E-state index in [4.69, 9.17) is 0 Å². The molecule has 0 unspecified atom stereocenters. The molecule has 0 fully saturated rings. The van der Waals surface area contributed by atoms with Crippen molar-refractivity contribution in [3.05, 3.63) is 36.5 Å². The molecule has 0 saturated heterocycles. The summed E-state index contributed by atoms with van der Waals surface area (Å²) < 4.78 is 0. The molecule has 0 spiro atoms. The SMILES string of the molecule is CC/C=C/CC/C=C/CC/C=C/CC. The van der Waals surface area contributed by atoms with Crippen molar-refractivity contribution in [3.63, 3.8) is 0 Å². The highest BCUT2D eigenvalue weighted by atomic mass is 13.8. The van der Waals surface area contributed by atoms with Crippen LogP contribution in [0, 0.1) is 0 Å². The predicted molar refractivity (Wildman–Crippen MR) is 66.5 cm³/mol. The molecule has 0 aliphatic heterocycles. The van der Waals surface area contributed by atoms with E-state index in [0.29, 0.717) is 0 Å². The van der Waals surface area contributed by atoms with Gasteiger partial charge in [-0.25, -0.2) is 0 Å². The van der Waals surface area contributed by atoms with Crippen molar-refractivity contribution < 1.29 is 0 Å². The maximum absolute atomic E-state index is 2.29. The lowest BCUT2D eigenvalue weighted by Gasteiger charge is -1.88. The summed E-state index contributed by atoms with van der Waals surface area (Å²) in [4.78, 5) is 0. The second-order valence-corrected chi connectivity index (χ2v) is 3.39. The minimum absolute atomic E-state index is 1.16. The third kappa shape index (κ3) is 11.2. The Morgan fingerprint density at radius 2 is 0.786 bits per heavy atom. The van der Waals surface area contributed by atoms with Gasteiger partial charge in [0.25, 0.3) is 0 Å². The van der Waals surface area contributed by atoms with Crippen molar-refractivity contribution in [2.24, 2.45) is 0 Å². The third-order valence-corrected chi connectivity index (χ3v) is 1.97. The first-order valence-electron chi connectivity index (χ1n) is 5.86. The standard InChI is InChI=1S/C14H24/c1-3-5-7-9-11-13-14-12-10-8-6-4-2/h5-8,13-14H,3-4,9-12H2,1-2H3/b7-5+,8-6+,14-13+. The van der Waals surface area contributed by atoms with Crippen LogP contribution in [-0.4, -0.2) is 0 Å². The Hall–Kier alpha value is -0.780. The minimum atomic E-state index is 1.16. The summed E-state index contributed by atoms with van der Waals surface area (Å²) in [6.07, 6.45) is 20.7. The lowest BCUT2D eigenvalue weighted by Crippen LogP contribution is -1.67. The first-order chi connectivity index (χ1) is 6.91. The zero-order valence-corrected chi connectivity index (χ0v) is 9.71. The van der Waals surface area contributed by atoms with Crippen molar-refractivity contribution in [3.8, 4) is 0 Å². The molecule has 0 bridgehead atoms. The van der Waals surface area contributed by atoms with Crippen molar-refractivity contribution in [1.82, 2.24) is 0 Å². The van der Waals surface area contributed by atoms with Gasteiger partial charge in [0.05, 0.1) is 0 Å². The van der Waals surface area contributed by atoms with Gasteiger partial charge >= 0.3 is 0 Å². The summed E-state index contributed by atoms with van der Waals surface area (Å²) in [7, 11) is 0. The molecule has 80 valence electrons. The van der Waals surface area contributed by atoms with Crippen LogP contribution in [0.4, 0.5) is 0 Å². The smallest absolute Gasteiger partial charge is 0.0316 e. The van der Waals surface area contributed by atoms with Gasteiger partial charge in [-0.15, -0.1) is 0 Å². The quantitative estimate of drug-likeness (QED) is 0.373. The van der Waals surface area contributed by atoms with Gasteiger partial charge in [0.1, 0.15) is 0 Å². The molecule has 0 N–H and O–H groups in total. The fourth-order valence-corrected chi connectivity index (χ4v) is 1.19. The number of unbranched alkanes of at least 4 members (excludes halogenated alkanes) is 2. The van der Waals surface area contributed by atoms with E-state index in [1.54, 1.807) is 0 Å². The van der Waals surface area contributed by atoms with Crippen LogP contribution >= 0.6 is 0 Å². The van der Waals surface area contributed by atoms with Crippen LogP contribution in [0.25, 0.3) is 0 Å². The van der Waals surface area contributed by atoms with Gasteiger partial charge < -0.3 is 0 Å². The molecular weight excluding hydrogens is 168 g/mol. The average molecular weight is 192 g/mol. The van der Waals surface area contributed by atoms with Gasteiger partial charge in [-0.2, -0.15) is 0 Å². The van der Waals surface area contributed by atoms with E-state index in [1.165, 1.54) is 25.7 Å². The minimum Gasteiger partial charge on any atom is -0.0888 e. The van der Waals surface area contributed by atoms with Gasteiger partial charge in [-0.05, 0) is 38.5 Å². The maximum atomic E-state index is 2.29. The van der Waals surface area contributed by atoms with Crippen molar-refractivity contribution in [1.29, 1.82) is 0 Å². The summed E-state index contributed by atoms with van der Waals surface area (Å²) >= 11 is 0. The van der Waals surface area contributed by atoms with Crippen LogP contribution in [0.2, 0.25) is 0 Å². The van der Waals surface area contributed by atoms with Crippen LogP contribution in [0.15, 0.2) is 36.5 Å². The van der Waals surface area contributed by atoms with Crippen LogP contribution in [0.1, 0.15) is 52.4 Å². The Morgan fingerprint density at radius 3 is 1.07 bits per heavy atom. The fourth-order valence-electron chi connectivity index (χ4n) is 1.19. The molecule has 0 aromatic carbocycles. The lowest BCUT2D eigenvalue weighted by atomic mass is 10.2. The summed E-state index contributed by atoms with van der Waals surface area (Å²) in [6, 6.07) is 0. The Kier molecular flexibility index (Phi) is 11.5. The third-order valence-electron chi connectivity index (χ3n) is 1.97. The predicted octanol–water partition coefficient (Wildman–Crippen LogP) is 5.04. The molecule has 0 aromatic rings. The molecular formula is C14H24. The van der Waals surface area contributed by atoms with Gasteiger partial charge in [-0.3, -0.25) is 0 Å². The highest BCUT2D eigenvalue weighted by molar-refractivity contribution is 4.90. The number of allylic oxidation sites excluding steroid dienone is 6. The fraction of sp³-hybridized carbons (Fsp3) is 0.571. The maximum Gasteiger partial charge on any atom is -0.0316 e. The molecule has 0 aromatic heterocycles. The second-order valence-electron chi connectivity index (χ2n) is 3.39. The van der Waals surface area contributed by atoms with E-state index in [0.717, 1.165) is 12.8 Å². The summed E-state index contributed by atoms with van der Waals surface area (Å²) in [5, 5.41) is 0. The Bertz CT molecular complexity index is 152.